The molecule has 0 amide bonds. The van der Waals surface area contributed by atoms with E-state index in [4.69, 9.17) is 0 Å². The minimum absolute atomic E-state index is 0.733. The minimum Gasteiger partial charge on any atom is -0.317 e. The normalized spacial score (nSPS) is 31.8. The summed E-state index contributed by atoms with van der Waals surface area (Å²) >= 11 is 0. The summed E-state index contributed by atoms with van der Waals surface area (Å²) in [5.74, 6) is 2.67. The van der Waals surface area contributed by atoms with Crippen LogP contribution in [-0.2, 0) is 6.42 Å². The summed E-state index contributed by atoms with van der Waals surface area (Å²) < 4.78 is 0. The standard InChI is InChI=1S/C17H25N/c1-12-10-16(12)17(18-2)11-14-8-5-7-13-6-3-4-9-15(13)14/h3-4,6,9,12,14,16-18H,5,7-8,10-11H2,1-2H3. The second-order valence-corrected chi connectivity index (χ2v) is 6.30. The van der Waals surface area contributed by atoms with Crippen molar-refractivity contribution >= 4 is 0 Å². The van der Waals surface area contributed by atoms with E-state index in [9.17, 15) is 0 Å². The van der Waals surface area contributed by atoms with Gasteiger partial charge in [-0.3, -0.25) is 0 Å². The molecule has 0 bridgehead atoms. The Morgan fingerprint density at radius 1 is 1.33 bits per heavy atom. The van der Waals surface area contributed by atoms with Gasteiger partial charge in [0.15, 0.2) is 0 Å². The van der Waals surface area contributed by atoms with Crippen molar-refractivity contribution < 1.29 is 0 Å². The largest absolute Gasteiger partial charge is 0.317 e. The Balaban J connectivity index is 1.73. The molecule has 2 aliphatic carbocycles. The fraction of sp³-hybridized carbons (Fsp3) is 0.647. The molecule has 18 heavy (non-hydrogen) atoms. The van der Waals surface area contributed by atoms with Gasteiger partial charge in [-0.1, -0.05) is 31.2 Å². The fourth-order valence-corrected chi connectivity index (χ4v) is 3.82. The van der Waals surface area contributed by atoms with Crippen molar-refractivity contribution in [2.45, 2.75) is 51.0 Å². The molecule has 1 aromatic rings. The number of hydrogen-bond acceptors (Lipinski definition) is 1. The Kier molecular flexibility index (Phi) is 3.43. The number of benzene rings is 1. The number of aryl methyl sites for hydroxylation is 1. The van der Waals surface area contributed by atoms with Crippen LogP contribution in [0.3, 0.4) is 0 Å². The van der Waals surface area contributed by atoms with Crippen LogP contribution >= 0.6 is 0 Å². The van der Waals surface area contributed by atoms with Crippen molar-refractivity contribution in [3.05, 3.63) is 35.4 Å². The molecule has 0 saturated heterocycles. The average molecular weight is 243 g/mol. The summed E-state index contributed by atoms with van der Waals surface area (Å²) in [6, 6.07) is 9.83. The van der Waals surface area contributed by atoms with Crippen LogP contribution in [0.5, 0.6) is 0 Å². The molecule has 1 aromatic carbocycles. The highest BCUT2D eigenvalue weighted by Gasteiger charge is 2.39. The Hall–Kier alpha value is -0.820. The quantitative estimate of drug-likeness (QED) is 0.849. The van der Waals surface area contributed by atoms with Gasteiger partial charge in [-0.25, -0.2) is 0 Å². The molecule has 1 fully saturated rings. The number of hydrogen-bond donors (Lipinski definition) is 1. The van der Waals surface area contributed by atoms with Gasteiger partial charge in [-0.2, -0.15) is 0 Å². The predicted molar refractivity (Wildman–Crippen MR) is 76.9 cm³/mol. The Labute approximate surface area is 111 Å². The van der Waals surface area contributed by atoms with Gasteiger partial charge in [0, 0.05) is 6.04 Å². The number of rotatable bonds is 4. The van der Waals surface area contributed by atoms with E-state index >= 15 is 0 Å². The zero-order valence-corrected chi connectivity index (χ0v) is 11.7. The molecular weight excluding hydrogens is 218 g/mol. The van der Waals surface area contributed by atoms with Crippen molar-refractivity contribution in [2.75, 3.05) is 7.05 Å². The van der Waals surface area contributed by atoms with E-state index in [1.54, 1.807) is 11.1 Å². The van der Waals surface area contributed by atoms with Crippen molar-refractivity contribution in [2.24, 2.45) is 11.8 Å². The second kappa shape index (κ2) is 5.05. The monoisotopic (exact) mass is 243 g/mol. The van der Waals surface area contributed by atoms with Gasteiger partial charge in [0.05, 0.1) is 0 Å². The van der Waals surface area contributed by atoms with Crippen LogP contribution in [0, 0.1) is 11.8 Å². The molecule has 0 spiro atoms. The fourth-order valence-electron chi connectivity index (χ4n) is 3.82. The third-order valence-electron chi connectivity index (χ3n) is 5.09. The first-order valence-corrected chi connectivity index (χ1v) is 7.54. The Morgan fingerprint density at radius 3 is 2.83 bits per heavy atom. The maximum atomic E-state index is 3.57. The highest BCUT2D eigenvalue weighted by atomic mass is 14.9. The Bertz CT molecular complexity index is 412. The van der Waals surface area contributed by atoms with Gasteiger partial charge in [0.25, 0.3) is 0 Å². The van der Waals surface area contributed by atoms with E-state index < -0.39 is 0 Å². The minimum atomic E-state index is 0.733. The van der Waals surface area contributed by atoms with Crippen molar-refractivity contribution in [1.29, 1.82) is 0 Å². The molecule has 0 radical (unpaired) electrons. The summed E-state index contributed by atoms with van der Waals surface area (Å²) in [7, 11) is 2.14. The van der Waals surface area contributed by atoms with Crippen LogP contribution in [0.25, 0.3) is 0 Å². The lowest BCUT2D eigenvalue weighted by Gasteiger charge is -2.29. The third-order valence-corrected chi connectivity index (χ3v) is 5.09. The second-order valence-electron chi connectivity index (χ2n) is 6.30. The topological polar surface area (TPSA) is 12.0 Å². The van der Waals surface area contributed by atoms with E-state index in [2.05, 4.69) is 43.6 Å². The van der Waals surface area contributed by atoms with Gasteiger partial charge in [-0.15, -0.1) is 0 Å². The van der Waals surface area contributed by atoms with E-state index in [-0.39, 0.29) is 0 Å². The lowest BCUT2D eigenvalue weighted by molar-refractivity contribution is 0.389. The maximum absolute atomic E-state index is 3.57. The highest BCUT2D eigenvalue weighted by molar-refractivity contribution is 5.32. The highest BCUT2D eigenvalue weighted by Crippen LogP contribution is 2.44. The summed E-state index contributed by atoms with van der Waals surface area (Å²) in [6.45, 7) is 2.39. The van der Waals surface area contributed by atoms with Crippen LogP contribution in [0.15, 0.2) is 24.3 Å². The molecule has 3 rings (SSSR count). The number of fused-ring (bicyclic) bond motifs is 1. The van der Waals surface area contributed by atoms with Gasteiger partial charge < -0.3 is 5.32 Å². The zero-order chi connectivity index (χ0) is 12.5. The van der Waals surface area contributed by atoms with Crippen molar-refractivity contribution in [3.8, 4) is 0 Å². The molecule has 4 atom stereocenters. The smallest absolute Gasteiger partial charge is 0.0101 e. The van der Waals surface area contributed by atoms with E-state index in [0.29, 0.717) is 0 Å². The summed E-state index contributed by atoms with van der Waals surface area (Å²) in [5, 5.41) is 3.57. The SMILES string of the molecule is CNC(CC1CCCc2ccccc21)C1CC1C. The Morgan fingerprint density at radius 2 is 2.11 bits per heavy atom. The van der Waals surface area contributed by atoms with Crippen molar-refractivity contribution in [3.63, 3.8) is 0 Å². The molecule has 0 aromatic heterocycles. The van der Waals surface area contributed by atoms with E-state index in [1.165, 1.54) is 32.1 Å². The summed E-state index contributed by atoms with van der Waals surface area (Å²) in [6.07, 6.45) is 6.81. The van der Waals surface area contributed by atoms with Gasteiger partial charge in [-0.05, 0) is 68.0 Å². The molecule has 1 N–H and O–H groups in total. The average Bonchev–Trinajstić information content (AvgIpc) is 3.13. The van der Waals surface area contributed by atoms with E-state index in [1.807, 2.05) is 0 Å². The molecule has 1 nitrogen and oxygen atoms in total. The van der Waals surface area contributed by atoms with E-state index in [0.717, 1.165) is 23.8 Å². The van der Waals surface area contributed by atoms with Crippen molar-refractivity contribution in [1.82, 2.24) is 5.32 Å². The zero-order valence-electron chi connectivity index (χ0n) is 11.7. The first-order chi connectivity index (χ1) is 8.79. The lowest BCUT2D eigenvalue weighted by atomic mass is 9.79. The first kappa shape index (κ1) is 12.2. The summed E-state index contributed by atoms with van der Waals surface area (Å²) in [4.78, 5) is 0. The van der Waals surface area contributed by atoms with Crippen LogP contribution in [0.1, 0.15) is 49.7 Å². The van der Waals surface area contributed by atoms with Gasteiger partial charge in [0.1, 0.15) is 0 Å². The molecule has 2 aliphatic rings. The van der Waals surface area contributed by atoms with Crippen LogP contribution in [-0.4, -0.2) is 13.1 Å². The molecule has 1 saturated carbocycles. The molecule has 98 valence electrons. The predicted octanol–water partition coefficient (Wildman–Crippen LogP) is 3.74. The van der Waals surface area contributed by atoms with Crippen LogP contribution < -0.4 is 5.32 Å². The third kappa shape index (κ3) is 2.33. The van der Waals surface area contributed by atoms with Crippen LogP contribution in [0.2, 0.25) is 0 Å². The van der Waals surface area contributed by atoms with Gasteiger partial charge in [0.2, 0.25) is 0 Å². The number of nitrogens with one attached hydrogen (secondary N) is 1. The molecule has 0 heterocycles. The first-order valence-electron chi connectivity index (χ1n) is 7.54. The lowest BCUT2D eigenvalue weighted by Crippen LogP contribution is -2.31. The summed E-state index contributed by atoms with van der Waals surface area (Å²) in [5.41, 5.74) is 3.24. The molecule has 4 unspecified atom stereocenters. The molecular formula is C17H25N. The molecule has 1 heteroatoms. The van der Waals surface area contributed by atoms with Gasteiger partial charge >= 0.3 is 0 Å². The maximum Gasteiger partial charge on any atom is 0.0101 e. The van der Waals surface area contributed by atoms with Crippen LogP contribution in [0.4, 0.5) is 0 Å². The molecule has 0 aliphatic heterocycles.